The van der Waals surface area contributed by atoms with Gasteiger partial charge in [0.25, 0.3) is 5.91 Å². The standard InChI is InChI=1S/C23H29ClN2O3/c1-3-22(29-20-10-6-18(24)7-11-20)23(27)25-16-17-4-8-19(9-5-17)28-21-12-14-26(2)15-13-21/h4-11,21-22H,3,12-16H2,1-2H3,(H,25,27). The third-order valence-corrected chi connectivity index (χ3v) is 5.37. The molecule has 6 heteroatoms. The first-order chi connectivity index (χ1) is 14.0. The summed E-state index contributed by atoms with van der Waals surface area (Å²) in [5.41, 5.74) is 1.02. The summed E-state index contributed by atoms with van der Waals surface area (Å²) in [4.78, 5) is 14.8. The van der Waals surface area contributed by atoms with E-state index < -0.39 is 6.10 Å². The first-order valence-corrected chi connectivity index (χ1v) is 10.6. The van der Waals surface area contributed by atoms with Gasteiger partial charge in [0.15, 0.2) is 6.10 Å². The number of carbonyl (C=O) groups excluding carboxylic acids is 1. The summed E-state index contributed by atoms with van der Waals surface area (Å²) >= 11 is 5.89. The Labute approximate surface area is 177 Å². The lowest BCUT2D eigenvalue weighted by Gasteiger charge is -2.29. The number of likely N-dealkylation sites (tertiary alicyclic amines) is 1. The predicted molar refractivity (Wildman–Crippen MR) is 116 cm³/mol. The van der Waals surface area contributed by atoms with Gasteiger partial charge >= 0.3 is 0 Å². The fourth-order valence-corrected chi connectivity index (χ4v) is 3.41. The lowest BCUT2D eigenvalue weighted by Crippen LogP contribution is -2.37. The highest BCUT2D eigenvalue weighted by atomic mass is 35.5. The van der Waals surface area contributed by atoms with Crippen LogP contribution in [-0.2, 0) is 11.3 Å². The van der Waals surface area contributed by atoms with Crippen LogP contribution in [0.4, 0.5) is 0 Å². The zero-order chi connectivity index (χ0) is 20.6. The van der Waals surface area contributed by atoms with Gasteiger partial charge in [-0.3, -0.25) is 4.79 Å². The van der Waals surface area contributed by atoms with E-state index in [2.05, 4.69) is 17.3 Å². The third kappa shape index (κ3) is 6.65. The molecule has 0 aromatic heterocycles. The van der Waals surface area contributed by atoms with Gasteiger partial charge in [0.05, 0.1) is 0 Å². The van der Waals surface area contributed by atoms with E-state index in [-0.39, 0.29) is 12.0 Å². The number of hydrogen-bond donors (Lipinski definition) is 1. The Morgan fingerprint density at radius 2 is 1.72 bits per heavy atom. The van der Waals surface area contributed by atoms with Gasteiger partial charge in [-0.05, 0) is 68.3 Å². The molecule has 1 amide bonds. The second kappa shape index (κ2) is 10.5. The van der Waals surface area contributed by atoms with E-state index >= 15 is 0 Å². The molecule has 156 valence electrons. The number of nitrogens with one attached hydrogen (secondary N) is 1. The van der Waals surface area contributed by atoms with Gasteiger partial charge < -0.3 is 19.7 Å². The SMILES string of the molecule is CCC(Oc1ccc(Cl)cc1)C(=O)NCc1ccc(OC2CCN(C)CC2)cc1. The maximum Gasteiger partial charge on any atom is 0.261 e. The normalized spacial score (nSPS) is 16.2. The van der Waals surface area contributed by atoms with Crippen molar-refractivity contribution in [3.05, 3.63) is 59.1 Å². The summed E-state index contributed by atoms with van der Waals surface area (Å²) in [7, 11) is 2.14. The molecule has 0 radical (unpaired) electrons. The summed E-state index contributed by atoms with van der Waals surface area (Å²) < 4.78 is 11.9. The Kier molecular flexibility index (Phi) is 7.78. The molecule has 1 fully saturated rings. The predicted octanol–water partition coefficient (Wildman–Crippen LogP) is 4.29. The van der Waals surface area contributed by atoms with Gasteiger partial charge in [-0.25, -0.2) is 0 Å². The van der Waals surface area contributed by atoms with E-state index in [1.54, 1.807) is 24.3 Å². The second-order valence-corrected chi connectivity index (χ2v) is 7.89. The van der Waals surface area contributed by atoms with Crippen LogP contribution in [0.2, 0.25) is 5.02 Å². The average molecular weight is 417 g/mol. The molecule has 29 heavy (non-hydrogen) atoms. The maximum absolute atomic E-state index is 12.5. The summed E-state index contributed by atoms with van der Waals surface area (Å²) in [5, 5.41) is 3.59. The number of nitrogens with zero attached hydrogens (tertiary/aromatic N) is 1. The van der Waals surface area contributed by atoms with E-state index in [0.29, 0.717) is 23.7 Å². The summed E-state index contributed by atoms with van der Waals surface area (Å²) in [6.45, 7) is 4.53. The van der Waals surface area contributed by atoms with Crippen LogP contribution in [0.1, 0.15) is 31.7 Å². The summed E-state index contributed by atoms with van der Waals surface area (Å²) in [5.74, 6) is 1.38. The Bertz CT molecular complexity index is 772. The van der Waals surface area contributed by atoms with Crippen LogP contribution in [0.15, 0.2) is 48.5 Å². The number of hydrogen-bond acceptors (Lipinski definition) is 4. The number of ether oxygens (including phenoxy) is 2. The second-order valence-electron chi connectivity index (χ2n) is 7.45. The van der Waals surface area contributed by atoms with E-state index in [9.17, 15) is 4.79 Å². The van der Waals surface area contributed by atoms with Crippen LogP contribution in [-0.4, -0.2) is 43.2 Å². The Morgan fingerprint density at radius 3 is 2.34 bits per heavy atom. The number of carbonyl (C=O) groups is 1. The molecule has 1 aliphatic heterocycles. The molecule has 5 nitrogen and oxygen atoms in total. The van der Waals surface area contributed by atoms with Crippen molar-refractivity contribution in [2.24, 2.45) is 0 Å². The topological polar surface area (TPSA) is 50.8 Å². The van der Waals surface area contributed by atoms with Crippen LogP contribution >= 0.6 is 11.6 Å². The minimum atomic E-state index is -0.539. The quantitative estimate of drug-likeness (QED) is 0.697. The number of rotatable bonds is 8. The first kappa shape index (κ1) is 21.5. The van der Waals surface area contributed by atoms with Crippen LogP contribution in [0.5, 0.6) is 11.5 Å². The van der Waals surface area contributed by atoms with E-state index in [1.807, 2.05) is 31.2 Å². The molecule has 1 atom stereocenters. The number of benzene rings is 2. The molecule has 1 aliphatic rings. The van der Waals surface area contributed by atoms with E-state index in [0.717, 1.165) is 37.2 Å². The molecule has 2 aromatic carbocycles. The largest absolute Gasteiger partial charge is 0.490 e. The molecule has 0 aliphatic carbocycles. The highest BCUT2D eigenvalue weighted by Crippen LogP contribution is 2.20. The van der Waals surface area contributed by atoms with Crippen LogP contribution in [0.25, 0.3) is 0 Å². The van der Waals surface area contributed by atoms with E-state index in [4.69, 9.17) is 21.1 Å². The van der Waals surface area contributed by atoms with Crippen LogP contribution in [0, 0.1) is 0 Å². The fourth-order valence-electron chi connectivity index (χ4n) is 3.28. The van der Waals surface area contributed by atoms with Crippen LogP contribution < -0.4 is 14.8 Å². The van der Waals surface area contributed by atoms with Crippen molar-refractivity contribution in [3.63, 3.8) is 0 Å². The lowest BCUT2D eigenvalue weighted by atomic mass is 10.1. The molecule has 0 bridgehead atoms. The molecule has 1 heterocycles. The molecule has 2 aromatic rings. The number of halogens is 1. The molecule has 1 N–H and O–H groups in total. The average Bonchev–Trinajstić information content (AvgIpc) is 2.74. The molecule has 1 saturated heterocycles. The van der Waals surface area contributed by atoms with Gasteiger partial charge in [-0.2, -0.15) is 0 Å². The molecular weight excluding hydrogens is 388 g/mol. The maximum atomic E-state index is 12.5. The number of amides is 1. The molecule has 0 saturated carbocycles. The minimum absolute atomic E-state index is 0.130. The minimum Gasteiger partial charge on any atom is -0.490 e. The smallest absolute Gasteiger partial charge is 0.261 e. The van der Waals surface area contributed by atoms with Crippen molar-refractivity contribution in [3.8, 4) is 11.5 Å². The fraction of sp³-hybridized carbons (Fsp3) is 0.435. The van der Waals surface area contributed by atoms with Crippen molar-refractivity contribution in [1.82, 2.24) is 10.2 Å². The zero-order valence-corrected chi connectivity index (χ0v) is 17.8. The molecule has 1 unspecified atom stereocenters. The van der Waals surface area contributed by atoms with Gasteiger partial charge in [-0.1, -0.05) is 30.7 Å². The van der Waals surface area contributed by atoms with Crippen molar-refractivity contribution in [2.45, 2.75) is 44.9 Å². The third-order valence-electron chi connectivity index (χ3n) is 5.11. The van der Waals surface area contributed by atoms with Gasteiger partial charge in [0.1, 0.15) is 17.6 Å². The van der Waals surface area contributed by atoms with Crippen molar-refractivity contribution in [2.75, 3.05) is 20.1 Å². The number of piperidine rings is 1. The summed E-state index contributed by atoms with van der Waals surface area (Å²) in [6, 6.07) is 15.0. The Morgan fingerprint density at radius 1 is 1.10 bits per heavy atom. The molecule has 0 spiro atoms. The van der Waals surface area contributed by atoms with Gasteiger partial charge in [-0.15, -0.1) is 0 Å². The lowest BCUT2D eigenvalue weighted by molar-refractivity contribution is -0.128. The van der Waals surface area contributed by atoms with Gasteiger partial charge in [0.2, 0.25) is 0 Å². The first-order valence-electron chi connectivity index (χ1n) is 10.2. The van der Waals surface area contributed by atoms with Crippen molar-refractivity contribution >= 4 is 17.5 Å². The van der Waals surface area contributed by atoms with Crippen LogP contribution in [0.3, 0.4) is 0 Å². The highest BCUT2D eigenvalue weighted by molar-refractivity contribution is 6.30. The van der Waals surface area contributed by atoms with Gasteiger partial charge in [0, 0.05) is 24.7 Å². The zero-order valence-electron chi connectivity index (χ0n) is 17.1. The Hall–Kier alpha value is -2.24. The monoisotopic (exact) mass is 416 g/mol. The van der Waals surface area contributed by atoms with Crippen molar-refractivity contribution < 1.29 is 14.3 Å². The Balaban J connectivity index is 1.46. The van der Waals surface area contributed by atoms with E-state index in [1.165, 1.54) is 0 Å². The molecule has 3 rings (SSSR count). The molecular formula is C23H29ClN2O3. The van der Waals surface area contributed by atoms with Crippen molar-refractivity contribution in [1.29, 1.82) is 0 Å². The highest BCUT2D eigenvalue weighted by Gasteiger charge is 2.19. The summed E-state index contributed by atoms with van der Waals surface area (Å²) in [6.07, 6.45) is 2.44.